The molecule has 2 atom stereocenters. The van der Waals surface area contributed by atoms with Crippen LogP contribution in [-0.4, -0.2) is 88.2 Å². The number of hydrogen-bond acceptors (Lipinski definition) is 10. The van der Waals surface area contributed by atoms with Gasteiger partial charge in [-0.2, -0.15) is 0 Å². The number of halogens is 2. The van der Waals surface area contributed by atoms with Crippen molar-refractivity contribution >= 4 is 56.8 Å². The molecular weight excluding hydrogens is 807 g/mol. The molecule has 1 N–H and O–H groups in total. The summed E-state index contributed by atoms with van der Waals surface area (Å²) >= 11 is 3.56. The minimum Gasteiger partial charge on any atom is -0.493 e. The molecule has 2 saturated heterocycles. The van der Waals surface area contributed by atoms with E-state index in [4.69, 9.17) is 19.4 Å². The van der Waals surface area contributed by atoms with E-state index >= 15 is 0 Å². The summed E-state index contributed by atoms with van der Waals surface area (Å²) in [6.45, 7) is 7.51. The highest BCUT2D eigenvalue weighted by Crippen LogP contribution is 2.39. The van der Waals surface area contributed by atoms with Gasteiger partial charge in [0.1, 0.15) is 23.5 Å². The maximum absolute atomic E-state index is 14.9. The van der Waals surface area contributed by atoms with Crippen LogP contribution < -0.4 is 14.8 Å². The summed E-state index contributed by atoms with van der Waals surface area (Å²) in [7, 11) is 1.64. The number of methoxy groups -OCH3 is 1. The number of hydrogen-bond donors (Lipinski definition) is 1. The maximum Gasteiger partial charge on any atom is 0.258 e. The van der Waals surface area contributed by atoms with Crippen molar-refractivity contribution in [2.75, 3.05) is 38.7 Å². The van der Waals surface area contributed by atoms with Gasteiger partial charge >= 0.3 is 0 Å². The van der Waals surface area contributed by atoms with Gasteiger partial charge < -0.3 is 24.6 Å². The van der Waals surface area contributed by atoms with Gasteiger partial charge in [0.2, 0.25) is 12.3 Å². The molecular formula is C44H50BrFN6O6. The summed E-state index contributed by atoms with van der Waals surface area (Å²) in [5.41, 5.74) is 3.78. The Hall–Kier alpha value is -4.95. The number of imide groups is 3. The van der Waals surface area contributed by atoms with E-state index in [-0.39, 0.29) is 43.3 Å². The molecule has 2 fully saturated rings. The number of nitrogens with one attached hydrogen (secondary N) is 1. The lowest BCUT2D eigenvalue weighted by atomic mass is 9.85. The zero-order valence-corrected chi connectivity index (χ0v) is 34.9. The number of anilines is 1. The topological polar surface area (TPSA) is 134 Å². The first kappa shape index (κ1) is 41.2. The molecule has 1 unspecified atom stereocenters. The van der Waals surface area contributed by atoms with Gasteiger partial charge in [0.15, 0.2) is 11.5 Å². The van der Waals surface area contributed by atoms with Gasteiger partial charge in [-0.15, -0.1) is 0 Å². The molecule has 4 amide bonds. The molecule has 58 heavy (non-hydrogen) atoms. The van der Waals surface area contributed by atoms with Crippen LogP contribution in [0, 0.1) is 12.7 Å². The maximum atomic E-state index is 14.9. The smallest absolute Gasteiger partial charge is 0.258 e. The van der Waals surface area contributed by atoms with E-state index in [1.807, 2.05) is 31.2 Å². The number of benzene rings is 3. The average molecular weight is 858 g/mol. The number of amides is 4. The van der Waals surface area contributed by atoms with Gasteiger partial charge in [-0.3, -0.25) is 19.2 Å². The number of carbonyl (C=O) groups is 4. The Morgan fingerprint density at radius 2 is 1.76 bits per heavy atom. The Morgan fingerprint density at radius 3 is 2.52 bits per heavy atom. The summed E-state index contributed by atoms with van der Waals surface area (Å²) < 4.78 is 27.9. The molecule has 0 spiro atoms. The number of unbranched alkanes of at least 4 members (excludes halogenated alkanes) is 4. The second-order valence-electron chi connectivity index (χ2n) is 15.5. The van der Waals surface area contributed by atoms with E-state index in [1.54, 1.807) is 7.11 Å². The van der Waals surface area contributed by atoms with Gasteiger partial charge in [-0.25, -0.2) is 19.3 Å². The molecule has 4 heterocycles. The second-order valence-corrected chi connectivity index (χ2v) is 16.4. The third-order valence-corrected chi connectivity index (χ3v) is 12.2. The lowest BCUT2D eigenvalue weighted by Crippen LogP contribution is -2.54. The van der Waals surface area contributed by atoms with Crippen molar-refractivity contribution in [3.8, 4) is 11.5 Å². The minimum atomic E-state index is -0.920. The molecule has 3 aliphatic rings. The van der Waals surface area contributed by atoms with Crippen LogP contribution in [-0.2, 0) is 20.9 Å². The Kier molecular flexibility index (Phi) is 13.0. The van der Waals surface area contributed by atoms with Gasteiger partial charge in [0.05, 0.1) is 25.3 Å². The number of carbonyl (C=O) groups excluding carboxylic acids is 4. The second kappa shape index (κ2) is 18.3. The molecule has 3 aliphatic heterocycles. The van der Waals surface area contributed by atoms with Crippen LogP contribution in [0.25, 0.3) is 10.9 Å². The summed E-state index contributed by atoms with van der Waals surface area (Å²) in [5.74, 6) is 0.652. The average Bonchev–Trinajstić information content (AvgIpc) is 3.53. The van der Waals surface area contributed by atoms with E-state index in [0.29, 0.717) is 28.8 Å². The molecule has 0 bridgehead atoms. The fourth-order valence-corrected chi connectivity index (χ4v) is 8.96. The highest BCUT2D eigenvalue weighted by atomic mass is 79.9. The van der Waals surface area contributed by atoms with Crippen molar-refractivity contribution in [3.63, 3.8) is 0 Å². The predicted molar refractivity (Wildman–Crippen MR) is 221 cm³/mol. The van der Waals surface area contributed by atoms with E-state index < -0.39 is 29.6 Å². The Bertz CT molecular complexity index is 2200. The highest BCUT2D eigenvalue weighted by molar-refractivity contribution is 9.10. The van der Waals surface area contributed by atoms with Gasteiger partial charge in [-0.1, -0.05) is 47.3 Å². The first-order valence-electron chi connectivity index (χ1n) is 20.2. The lowest BCUT2D eigenvalue weighted by molar-refractivity contribution is -0.155. The summed E-state index contributed by atoms with van der Waals surface area (Å²) in [4.78, 5) is 63.5. The summed E-state index contributed by atoms with van der Waals surface area (Å²) in [6, 6.07) is 14.0. The van der Waals surface area contributed by atoms with Crippen LogP contribution in [0.4, 0.5) is 10.2 Å². The Labute approximate surface area is 346 Å². The SMILES string of the molecule is COc1cc2c(N[C@H](C)c3cccc(Br)c3)nc(C)nc2cc1OCCCCCCCN1CCC(c2cc(F)cc3c2CN(C2CCC(=O)N(C=O)C2=O)C3=O)CC1. The number of likely N-dealkylation sites (tertiary alicyclic amines) is 2. The molecule has 12 nitrogen and oxygen atoms in total. The molecule has 14 heteroatoms. The van der Waals surface area contributed by atoms with Crippen molar-refractivity contribution in [2.24, 2.45) is 0 Å². The quantitative estimate of drug-likeness (QED) is 0.0675. The molecule has 0 saturated carbocycles. The third kappa shape index (κ3) is 9.02. The van der Waals surface area contributed by atoms with Crippen molar-refractivity contribution in [2.45, 2.75) is 96.2 Å². The first-order chi connectivity index (χ1) is 28.0. The van der Waals surface area contributed by atoms with Crippen LogP contribution in [0.2, 0.25) is 0 Å². The minimum absolute atomic E-state index is 0.00437. The number of nitrogens with zero attached hydrogens (tertiary/aromatic N) is 5. The van der Waals surface area contributed by atoms with Gasteiger partial charge in [-0.05, 0) is 119 Å². The molecule has 306 valence electrons. The molecule has 4 aromatic rings. The third-order valence-electron chi connectivity index (χ3n) is 11.7. The largest absolute Gasteiger partial charge is 0.493 e. The number of fused-ring (bicyclic) bond motifs is 2. The molecule has 0 aliphatic carbocycles. The van der Waals surface area contributed by atoms with Crippen molar-refractivity contribution in [1.29, 1.82) is 0 Å². The summed E-state index contributed by atoms with van der Waals surface area (Å²) in [5, 5.41) is 4.42. The van der Waals surface area contributed by atoms with Crippen LogP contribution in [0.15, 0.2) is 53.0 Å². The molecule has 0 radical (unpaired) electrons. The molecule has 7 rings (SSSR count). The summed E-state index contributed by atoms with van der Waals surface area (Å²) in [6.07, 6.45) is 7.35. The van der Waals surface area contributed by atoms with E-state index in [1.165, 1.54) is 17.0 Å². The Balaban J connectivity index is 0.845. The highest BCUT2D eigenvalue weighted by Gasteiger charge is 2.44. The standard InChI is InChI=1S/C44H50BrFN6O6/c1-27(30-10-9-11-31(45)20-30)47-42-35-23-39(57-3)40(24-37(35)48-28(2)49-42)58-19-8-6-4-5-7-16-50-17-14-29(15-18-50)33-21-32(46)22-34-36(33)25-51(43(34)55)38-12-13-41(54)52(26-53)44(38)56/h9-11,20-24,26-27,29,38H,4-8,12-19,25H2,1-3H3,(H,47,48,49)/t27-,38?/m1/s1. The van der Waals surface area contributed by atoms with Crippen molar-refractivity contribution < 1.29 is 33.0 Å². The predicted octanol–water partition coefficient (Wildman–Crippen LogP) is 7.86. The van der Waals surface area contributed by atoms with Gasteiger partial charge in [0.25, 0.3) is 11.8 Å². The molecule has 3 aromatic carbocycles. The van der Waals surface area contributed by atoms with E-state index in [0.717, 1.165) is 102 Å². The van der Waals surface area contributed by atoms with E-state index in [9.17, 15) is 23.6 Å². The lowest BCUT2D eigenvalue weighted by Gasteiger charge is -2.34. The fourth-order valence-electron chi connectivity index (χ4n) is 8.54. The van der Waals surface area contributed by atoms with Crippen molar-refractivity contribution in [1.82, 2.24) is 24.7 Å². The van der Waals surface area contributed by atoms with Crippen LogP contribution in [0.5, 0.6) is 11.5 Å². The first-order valence-corrected chi connectivity index (χ1v) is 21.0. The number of aromatic nitrogens is 2. The Morgan fingerprint density at radius 1 is 0.983 bits per heavy atom. The number of piperidine rings is 2. The normalized spacial score (nSPS) is 18.2. The fraction of sp³-hybridized carbons (Fsp3) is 0.455. The monoisotopic (exact) mass is 856 g/mol. The number of ether oxygens (including phenoxy) is 2. The molecule has 1 aromatic heterocycles. The number of rotatable bonds is 16. The number of aryl methyl sites for hydroxylation is 1. The van der Waals surface area contributed by atoms with Crippen molar-refractivity contribution in [3.05, 3.63) is 86.9 Å². The van der Waals surface area contributed by atoms with Crippen LogP contribution >= 0.6 is 15.9 Å². The zero-order chi connectivity index (χ0) is 40.9. The van der Waals surface area contributed by atoms with E-state index in [2.05, 4.69) is 45.2 Å². The zero-order valence-electron chi connectivity index (χ0n) is 33.3. The van der Waals surface area contributed by atoms with Gasteiger partial charge in [0, 0.05) is 34.5 Å². The van der Waals surface area contributed by atoms with Crippen LogP contribution in [0.1, 0.15) is 110 Å². The van der Waals surface area contributed by atoms with Crippen LogP contribution in [0.3, 0.4) is 0 Å².